The molecule has 1 heterocycles. The summed E-state index contributed by atoms with van der Waals surface area (Å²) in [6.07, 6.45) is 0. The number of urea groups is 1. The van der Waals surface area contributed by atoms with Crippen LogP contribution in [0.3, 0.4) is 0 Å². The van der Waals surface area contributed by atoms with Crippen molar-refractivity contribution in [2.24, 2.45) is 5.14 Å². The van der Waals surface area contributed by atoms with Gasteiger partial charge < -0.3 is 0 Å². The van der Waals surface area contributed by atoms with Crippen LogP contribution in [0, 0.1) is 9.39 Å². The number of amides is 2. The number of carbonyl (C=O) groups is 1. The Morgan fingerprint density at radius 1 is 1.00 bits per heavy atom. The minimum absolute atomic E-state index is 0.0190. The lowest BCUT2D eigenvalue weighted by Gasteiger charge is -2.19. The van der Waals surface area contributed by atoms with E-state index in [9.17, 15) is 17.6 Å². The van der Waals surface area contributed by atoms with Crippen LogP contribution in [0.5, 0.6) is 0 Å². The van der Waals surface area contributed by atoms with Crippen LogP contribution >= 0.6 is 22.6 Å². The molecule has 0 aliphatic carbocycles. The molecule has 1 saturated heterocycles. The van der Waals surface area contributed by atoms with Crippen molar-refractivity contribution in [2.45, 2.75) is 4.90 Å². The Balaban J connectivity index is 1.84. The summed E-state index contributed by atoms with van der Waals surface area (Å²) in [5.41, 5.74) is 1.04. The fourth-order valence-electron chi connectivity index (χ4n) is 2.48. The molecule has 6 nitrogen and oxygen atoms in total. The standard InChI is InChI=1S/C15H13FIN3O3S/c16-13-9-11(3-6-14(13)17)20-8-7-19(15(20)21)10-1-4-12(5-2-10)24(18,22)23/h1-6,9H,7-8H2,(H2,18,22,23). The number of rotatable bonds is 3. The van der Waals surface area contributed by atoms with Gasteiger partial charge >= 0.3 is 6.03 Å². The fraction of sp³-hybridized carbons (Fsp3) is 0.133. The normalized spacial score (nSPS) is 15.2. The lowest BCUT2D eigenvalue weighted by molar-refractivity contribution is 0.256. The van der Waals surface area contributed by atoms with Crippen LogP contribution in [-0.2, 0) is 10.0 Å². The van der Waals surface area contributed by atoms with Crippen LogP contribution in [0.4, 0.5) is 20.6 Å². The monoisotopic (exact) mass is 461 g/mol. The van der Waals surface area contributed by atoms with E-state index in [0.717, 1.165) is 0 Å². The van der Waals surface area contributed by atoms with E-state index in [1.807, 2.05) is 22.6 Å². The quantitative estimate of drug-likeness (QED) is 0.714. The number of halogens is 2. The number of carbonyl (C=O) groups excluding carboxylic acids is 1. The van der Waals surface area contributed by atoms with Crippen LogP contribution in [0.2, 0.25) is 0 Å². The molecule has 2 aromatic carbocycles. The molecule has 126 valence electrons. The summed E-state index contributed by atoms with van der Waals surface area (Å²) in [6.45, 7) is 0.830. The minimum atomic E-state index is -3.78. The van der Waals surface area contributed by atoms with Crippen LogP contribution < -0.4 is 14.9 Å². The summed E-state index contributed by atoms with van der Waals surface area (Å²) in [5.74, 6) is -0.378. The van der Waals surface area contributed by atoms with Gasteiger partial charge in [-0.2, -0.15) is 0 Å². The zero-order valence-electron chi connectivity index (χ0n) is 12.3. The van der Waals surface area contributed by atoms with Gasteiger partial charge in [-0.15, -0.1) is 0 Å². The Morgan fingerprint density at radius 2 is 1.54 bits per heavy atom. The second kappa shape index (κ2) is 6.30. The average molecular weight is 461 g/mol. The van der Waals surface area contributed by atoms with Crippen LogP contribution in [-0.4, -0.2) is 27.5 Å². The Morgan fingerprint density at radius 3 is 2.08 bits per heavy atom. The van der Waals surface area contributed by atoms with E-state index in [1.165, 1.54) is 40.1 Å². The summed E-state index contributed by atoms with van der Waals surface area (Å²) in [6, 6.07) is 10.1. The maximum Gasteiger partial charge on any atom is 0.329 e. The van der Waals surface area contributed by atoms with Crippen molar-refractivity contribution in [3.63, 3.8) is 0 Å². The first-order valence-corrected chi connectivity index (χ1v) is 9.57. The Labute approximate surface area is 152 Å². The summed E-state index contributed by atoms with van der Waals surface area (Å²) >= 11 is 1.88. The Hall–Kier alpha value is -1.72. The minimum Gasteiger partial charge on any atom is -0.292 e. The highest BCUT2D eigenvalue weighted by Crippen LogP contribution is 2.27. The first kappa shape index (κ1) is 17.1. The molecule has 0 saturated carbocycles. The molecule has 0 radical (unpaired) electrons. The van der Waals surface area contributed by atoms with Crippen LogP contribution in [0.25, 0.3) is 0 Å². The van der Waals surface area contributed by atoms with Crippen molar-refractivity contribution in [1.82, 2.24) is 0 Å². The SMILES string of the molecule is NS(=O)(=O)c1ccc(N2CCN(c3ccc(I)c(F)c3)C2=O)cc1. The smallest absolute Gasteiger partial charge is 0.292 e. The molecule has 2 N–H and O–H groups in total. The third kappa shape index (κ3) is 3.23. The maximum absolute atomic E-state index is 13.7. The Bertz CT molecular complexity index is 903. The first-order chi connectivity index (χ1) is 11.3. The number of nitrogens with two attached hydrogens (primary N) is 1. The highest BCUT2D eigenvalue weighted by molar-refractivity contribution is 14.1. The van der Waals surface area contributed by atoms with Gasteiger partial charge in [0.05, 0.1) is 4.90 Å². The van der Waals surface area contributed by atoms with Crippen LogP contribution in [0.15, 0.2) is 47.4 Å². The summed E-state index contributed by atoms with van der Waals surface area (Å²) < 4.78 is 36.8. The molecular formula is C15H13FIN3O3S. The molecule has 2 amide bonds. The lowest BCUT2D eigenvalue weighted by Crippen LogP contribution is -2.31. The maximum atomic E-state index is 13.7. The number of hydrogen-bond acceptors (Lipinski definition) is 3. The molecule has 1 fully saturated rings. The molecule has 0 atom stereocenters. The van der Waals surface area contributed by atoms with Gasteiger partial charge in [-0.3, -0.25) is 9.80 Å². The summed E-state index contributed by atoms with van der Waals surface area (Å²) in [7, 11) is -3.78. The number of primary sulfonamides is 1. The number of benzene rings is 2. The first-order valence-electron chi connectivity index (χ1n) is 6.94. The summed E-state index contributed by atoms with van der Waals surface area (Å²) in [4.78, 5) is 15.5. The number of anilines is 2. The van der Waals surface area contributed by atoms with E-state index in [-0.39, 0.29) is 16.7 Å². The molecule has 3 rings (SSSR count). The van der Waals surface area contributed by atoms with Gasteiger partial charge in [-0.25, -0.2) is 22.7 Å². The predicted molar refractivity (Wildman–Crippen MR) is 97.0 cm³/mol. The van der Waals surface area contributed by atoms with Gasteiger partial charge in [0.1, 0.15) is 5.82 Å². The topological polar surface area (TPSA) is 83.7 Å². The lowest BCUT2D eigenvalue weighted by atomic mass is 10.3. The van der Waals surface area contributed by atoms with Crippen molar-refractivity contribution in [3.8, 4) is 0 Å². The van der Waals surface area contributed by atoms with Crippen molar-refractivity contribution in [2.75, 3.05) is 22.9 Å². The van der Waals surface area contributed by atoms with Crippen molar-refractivity contribution >= 4 is 50.0 Å². The van der Waals surface area contributed by atoms with Gasteiger partial charge in [0.2, 0.25) is 10.0 Å². The van der Waals surface area contributed by atoms with E-state index in [1.54, 1.807) is 12.1 Å². The van der Waals surface area contributed by atoms with Gasteiger partial charge in [-0.05, 0) is 65.1 Å². The molecule has 0 unspecified atom stereocenters. The summed E-state index contributed by atoms with van der Waals surface area (Å²) in [5, 5.41) is 5.06. The van der Waals surface area contributed by atoms with Gasteiger partial charge in [0.25, 0.3) is 0 Å². The van der Waals surface area contributed by atoms with E-state index in [2.05, 4.69) is 0 Å². The van der Waals surface area contributed by atoms with E-state index in [4.69, 9.17) is 5.14 Å². The second-order valence-electron chi connectivity index (χ2n) is 5.22. The van der Waals surface area contributed by atoms with Crippen molar-refractivity contribution in [1.29, 1.82) is 0 Å². The Kier molecular flexibility index (Phi) is 4.49. The largest absolute Gasteiger partial charge is 0.329 e. The van der Waals surface area contributed by atoms with Crippen molar-refractivity contribution in [3.05, 3.63) is 51.9 Å². The molecule has 1 aliphatic heterocycles. The zero-order chi connectivity index (χ0) is 17.5. The number of nitrogens with zero attached hydrogens (tertiary/aromatic N) is 2. The van der Waals surface area contributed by atoms with Gasteiger partial charge in [0, 0.05) is 28.0 Å². The van der Waals surface area contributed by atoms with Crippen molar-refractivity contribution < 1.29 is 17.6 Å². The van der Waals surface area contributed by atoms with E-state index in [0.29, 0.717) is 28.0 Å². The third-order valence-corrected chi connectivity index (χ3v) is 5.50. The molecule has 24 heavy (non-hydrogen) atoms. The van der Waals surface area contributed by atoms with Gasteiger partial charge in [-0.1, -0.05) is 0 Å². The zero-order valence-corrected chi connectivity index (χ0v) is 15.3. The second-order valence-corrected chi connectivity index (χ2v) is 7.95. The predicted octanol–water partition coefficient (Wildman–Crippen LogP) is 2.52. The molecule has 9 heteroatoms. The average Bonchev–Trinajstić information content (AvgIpc) is 2.91. The van der Waals surface area contributed by atoms with Crippen LogP contribution in [0.1, 0.15) is 0 Å². The molecule has 0 spiro atoms. The highest BCUT2D eigenvalue weighted by Gasteiger charge is 2.31. The van der Waals surface area contributed by atoms with Gasteiger partial charge in [0.15, 0.2) is 0 Å². The molecule has 0 aromatic heterocycles. The molecule has 0 bridgehead atoms. The highest BCUT2D eigenvalue weighted by atomic mass is 127. The third-order valence-electron chi connectivity index (χ3n) is 3.70. The molecule has 1 aliphatic rings. The van der Waals surface area contributed by atoms with E-state index < -0.39 is 10.0 Å². The molecule has 2 aromatic rings. The number of hydrogen-bond donors (Lipinski definition) is 1. The fourth-order valence-corrected chi connectivity index (χ4v) is 3.34. The number of sulfonamides is 1. The van der Waals surface area contributed by atoms with E-state index >= 15 is 0 Å². The molecular weight excluding hydrogens is 448 g/mol.